The third kappa shape index (κ3) is 4.68. The zero-order valence-electron chi connectivity index (χ0n) is 23.9. The summed E-state index contributed by atoms with van der Waals surface area (Å²) >= 11 is 1.35. The summed E-state index contributed by atoms with van der Waals surface area (Å²) in [5.41, 5.74) is 7.16. The number of esters is 1. The first-order valence-electron chi connectivity index (χ1n) is 13.7. The van der Waals surface area contributed by atoms with E-state index >= 15 is 0 Å². The molecule has 0 amide bonds. The van der Waals surface area contributed by atoms with Crippen molar-refractivity contribution in [2.75, 3.05) is 6.61 Å². The number of hydrogen-bond acceptors (Lipinski definition) is 5. The summed E-state index contributed by atoms with van der Waals surface area (Å²) < 4.78 is 9.88. The van der Waals surface area contributed by atoms with Crippen LogP contribution in [-0.4, -0.2) is 21.7 Å². The highest BCUT2D eigenvalue weighted by Gasteiger charge is 2.33. The van der Waals surface area contributed by atoms with Crippen LogP contribution < -0.4 is 14.9 Å². The Labute approximate surface area is 238 Å². The number of rotatable bonds is 7. The van der Waals surface area contributed by atoms with Crippen molar-refractivity contribution in [1.82, 2.24) is 9.13 Å². The van der Waals surface area contributed by atoms with Crippen molar-refractivity contribution in [2.45, 2.75) is 60.0 Å². The summed E-state index contributed by atoms with van der Waals surface area (Å²) in [6.45, 7) is 16.9. The molecule has 3 heterocycles. The molecule has 0 N–H and O–H groups in total. The molecule has 0 spiro atoms. The zero-order chi connectivity index (χ0) is 28.7. The highest BCUT2D eigenvalue weighted by molar-refractivity contribution is 7.07. The Balaban J connectivity index is 1.76. The molecule has 0 saturated carbocycles. The normalized spacial score (nSPS) is 15.5. The van der Waals surface area contributed by atoms with E-state index < -0.39 is 12.0 Å². The molecule has 6 nitrogen and oxygen atoms in total. The van der Waals surface area contributed by atoms with Crippen LogP contribution in [0.25, 0.3) is 17.0 Å². The van der Waals surface area contributed by atoms with Gasteiger partial charge in [-0.25, -0.2) is 9.79 Å². The predicted molar refractivity (Wildman–Crippen MR) is 163 cm³/mol. The average Bonchev–Trinajstić information content (AvgIpc) is 3.36. The lowest BCUT2D eigenvalue weighted by atomic mass is 9.93. The summed E-state index contributed by atoms with van der Waals surface area (Å²) in [5.74, 6) is -0.0808. The molecule has 0 unspecified atom stereocenters. The van der Waals surface area contributed by atoms with Gasteiger partial charge in [0.05, 0.1) is 28.5 Å². The third-order valence-corrected chi connectivity index (χ3v) is 8.53. The van der Waals surface area contributed by atoms with E-state index in [-0.39, 0.29) is 12.2 Å². The van der Waals surface area contributed by atoms with Crippen LogP contribution in [-0.2, 0) is 16.1 Å². The van der Waals surface area contributed by atoms with Crippen LogP contribution in [0.5, 0.6) is 0 Å². The first kappa shape index (κ1) is 27.6. The fourth-order valence-corrected chi connectivity index (χ4v) is 6.50. The second-order valence-electron chi connectivity index (χ2n) is 10.5. The first-order chi connectivity index (χ1) is 19.2. The molecule has 2 aromatic carbocycles. The molecular formula is C33H35N3O3S. The van der Waals surface area contributed by atoms with Gasteiger partial charge in [0.15, 0.2) is 4.80 Å². The fraction of sp³-hybridized carbons (Fsp3) is 0.303. The number of fused-ring (bicyclic) bond motifs is 2. The third-order valence-electron chi connectivity index (χ3n) is 7.55. The van der Waals surface area contributed by atoms with Gasteiger partial charge < -0.3 is 9.30 Å². The number of ether oxygens (including phenoxy) is 1. The van der Waals surface area contributed by atoms with Crippen LogP contribution >= 0.6 is 11.3 Å². The van der Waals surface area contributed by atoms with Crippen molar-refractivity contribution in [3.8, 4) is 0 Å². The van der Waals surface area contributed by atoms with Crippen molar-refractivity contribution >= 4 is 34.3 Å². The van der Waals surface area contributed by atoms with E-state index in [1.807, 2.05) is 31.2 Å². The molecule has 40 heavy (non-hydrogen) atoms. The molecule has 5 rings (SSSR count). The van der Waals surface area contributed by atoms with E-state index in [0.717, 1.165) is 33.3 Å². The first-order valence-corrected chi connectivity index (χ1v) is 14.5. The quantitative estimate of drug-likeness (QED) is 0.219. The van der Waals surface area contributed by atoms with Crippen molar-refractivity contribution < 1.29 is 9.53 Å². The largest absolute Gasteiger partial charge is 0.463 e. The molecule has 0 bridgehead atoms. The van der Waals surface area contributed by atoms with Gasteiger partial charge in [0.1, 0.15) is 0 Å². The van der Waals surface area contributed by atoms with E-state index in [9.17, 15) is 9.59 Å². The van der Waals surface area contributed by atoms with Crippen molar-refractivity contribution in [2.24, 2.45) is 4.99 Å². The molecule has 2 aromatic heterocycles. The maximum Gasteiger partial charge on any atom is 0.338 e. The van der Waals surface area contributed by atoms with Gasteiger partial charge in [-0.05, 0) is 62.9 Å². The van der Waals surface area contributed by atoms with Gasteiger partial charge >= 0.3 is 5.97 Å². The Morgan fingerprint density at radius 1 is 1.15 bits per heavy atom. The van der Waals surface area contributed by atoms with E-state index in [2.05, 4.69) is 69.2 Å². The van der Waals surface area contributed by atoms with Crippen LogP contribution in [0.15, 0.2) is 76.2 Å². The SMILES string of the molecule is C=CCn1c(C)c(/C=c2\sc3n(c2=O)[C@H](c2ccc(C(C)C)cc2)C(C(=O)OCC)=C(C)N=3)c2cc(C)ccc21. The maximum absolute atomic E-state index is 14.1. The number of nitrogens with zero attached hydrogens (tertiary/aromatic N) is 3. The lowest BCUT2D eigenvalue weighted by Gasteiger charge is -2.25. The number of benzene rings is 2. The number of aryl methyl sites for hydroxylation is 1. The van der Waals surface area contributed by atoms with Crippen LogP contribution in [0.2, 0.25) is 0 Å². The van der Waals surface area contributed by atoms with Crippen LogP contribution in [0.4, 0.5) is 0 Å². The van der Waals surface area contributed by atoms with E-state index in [4.69, 9.17) is 9.73 Å². The molecular weight excluding hydrogens is 518 g/mol. The number of allylic oxidation sites excluding steroid dienone is 2. The second kappa shape index (κ2) is 10.9. The molecule has 1 aliphatic heterocycles. The minimum atomic E-state index is -0.621. The minimum absolute atomic E-state index is 0.173. The summed E-state index contributed by atoms with van der Waals surface area (Å²) in [7, 11) is 0. The maximum atomic E-state index is 14.1. The standard InChI is InChI=1S/C33H35N3O3S/c1-8-16-35-22(7)25(26-17-20(5)10-15-27(26)35)18-28-31(37)36-30(24-13-11-23(12-14-24)19(3)4)29(32(38)39-9-2)21(6)34-33(36)40-28/h8,10-15,17-19,30H,1,9,16H2,2-7H3/b28-18-/t30-/m1/s1. The Hall–Kier alpha value is -3.97. The fourth-order valence-electron chi connectivity index (χ4n) is 5.47. The van der Waals surface area contributed by atoms with E-state index in [0.29, 0.717) is 33.1 Å². The highest BCUT2D eigenvalue weighted by atomic mass is 32.1. The second-order valence-corrected chi connectivity index (χ2v) is 11.6. The van der Waals surface area contributed by atoms with Crippen molar-refractivity contribution in [3.05, 3.63) is 114 Å². The minimum Gasteiger partial charge on any atom is -0.463 e. The molecule has 0 saturated heterocycles. The Morgan fingerprint density at radius 3 is 2.52 bits per heavy atom. The lowest BCUT2D eigenvalue weighted by Crippen LogP contribution is -2.40. The van der Waals surface area contributed by atoms with E-state index in [1.54, 1.807) is 11.5 Å². The van der Waals surface area contributed by atoms with Gasteiger partial charge in [0.25, 0.3) is 5.56 Å². The van der Waals surface area contributed by atoms with Crippen LogP contribution in [0, 0.1) is 13.8 Å². The van der Waals surface area contributed by atoms with E-state index in [1.165, 1.54) is 16.9 Å². The molecule has 4 aromatic rings. The smallest absolute Gasteiger partial charge is 0.338 e. The molecule has 0 fully saturated rings. The predicted octanol–water partition coefficient (Wildman–Crippen LogP) is 5.68. The Morgan fingerprint density at radius 2 is 1.88 bits per heavy atom. The highest BCUT2D eigenvalue weighted by Crippen LogP contribution is 2.32. The van der Waals surface area contributed by atoms with Crippen molar-refractivity contribution in [3.63, 3.8) is 0 Å². The number of carbonyl (C=O) groups is 1. The molecule has 0 aliphatic carbocycles. The summed E-state index contributed by atoms with van der Waals surface area (Å²) in [4.78, 5) is 32.6. The van der Waals surface area contributed by atoms with Gasteiger partial charge in [-0.2, -0.15) is 0 Å². The van der Waals surface area contributed by atoms with Gasteiger partial charge in [-0.15, -0.1) is 6.58 Å². The molecule has 0 radical (unpaired) electrons. The molecule has 1 aliphatic rings. The number of carbonyl (C=O) groups excluding carboxylic acids is 1. The number of aromatic nitrogens is 2. The average molecular weight is 554 g/mol. The topological polar surface area (TPSA) is 65.6 Å². The zero-order valence-corrected chi connectivity index (χ0v) is 24.8. The Kier molecular flexibility index (Phi) is 7.51. The molecule has 1 atom stereocenters. The van der Waals surface area contributed by atoms with Gasteiger partial charge in [0.2, 0.25) is 0 Å². The van der Waals surface area contributed by atoms with Crippen molar-refractivity contribution in [1.29, 1.82) is 0 Å². The summed E-state index contributed by atoms with van der Waals surface area (Å²) in [6.07, 6.45) is 3.86. The Bertz CT molecular complexity index is 1850. The number of hydrogen-bond donors (Lipinski definition) is 0. The summed E-state index contributed by atoms with van der Waals surface area (Å²) in [5, 5.41) is 1.09. The van der Waals surface area contributed by atoms with Crippen LogP contribution in [0.3, 0.4) is 0 Å². The summed E-state index contributed by atoms with van der Waals surface area (Å²) in [6, 6.07) is 13.9. The monoisotopic (exact) mass is 553 g/mol. The van der Waals surface area contributed by atoms with Gasteiger partial charge in [-0.1, -0.05) is 67.2 Å². The van der Waals surface area contributed by atoms with Gasteiger partial charge in [0, 0.05) is 28.7 Å². The number of thiazole rings is 1. The lowest BCUT2D eigenvalue weighted by molar-refractivity contribution is -0.139. The van der Waals surface area contributed by atoms with Crippen LogP contribution in [0.1, 0.15) is 67.6 Å². The molecule has 7 heteroatoms. The van der Waals surface area contributed by atoms with Gasteiger partial charge in [-0.3, -0.25) is 9.36 Å². The molecule has 206 valence electrons.